The number of carbonyl (C=O) groups is 2. The van der Waals surface area contributed by atoms with Crippen LogP contribution in [-0.2, 0) is 22.1 Å². The Kier molecular flexibility index (Phi) is 7.46. The molecule has 0 aromatic heterocycles. The lowest BCUT2D eigenvalue weighted by Gasteiger charge is -2.35. The molecule has 1 aliphatic carbocycles. The van der Waals surface area contributed by atoms with Gasteiger partial charge in [0, 0.05) is 19.2 Å². The van der Waals surface area contributed by atoms with Crippen molar-refractivity contribution in [2.75, 3.05) is 20.4 Å². The van der Waals surface area contributed by atoms with Gasteiger partial charge in [-0.15, -0.1) is 0 Å². The van der Waals surface area contributed by atoms with Gasteiger partial charge in [0.15, 0.2) is 11.5 Å². The monoisotopic (exact) mass is 572 g/mol. The lowest BCUT2D eigenvalue weighted by molar-refractivity contribution is -0.137. The summed E-state index contributed by atoms with van der Waals surface area (Å²) in [5.74, 6) is 1.07. The molecule has 0 radical (unpaired) electrons. The SMILES string of the molecule is CNC(=O)Cc1cc2c(c(C3=C(CN4C(=O)O[C@H](c5cc(C)cc(C(F)(F)F)c5)[C@@H]4C)CC(C)(C)CC3)c1)OCO2. The first-order valence-corrected chi connectivity index (χ1v) is 13.8. The van der Waals surface area contributed by atoms with Crippen molar-refractivity contribution in [1.29, 1.82) is 0 Å². The third-order valence-corrected chi connectivity index (χ3v) is 8.18. The van der Waals surface area contributed by atoms with E-state index in [1.165, 1.54) is 0 Å². The van der Waals surface area contributed by atoms with Gasteiger partial charge in [-0.25, -0.2) is 4.79 Å². The average Bonchev–Trinajstić information content (AvgIpc) is 3.47. The van der Waals surface area contributed by atoms with Crippen LogP contribution in [0.15, 0.2) is 35.9 Å². The van der Waals surface area contributed by atoms with E-state index in [4.69, 9.17) is 14.2 Å². The maximum atomic E-state index is 13.5. The van der Waals surface area contributed by atoms with E-state index in [1.807, 2.05) is 12.1 Å². The maximum absolute atomic E-state index is 13.5. The van der Waals surface area contributed by atoms with Crippen LogP contribution in [0.1, 0.15) is 74.0 Å². The van der Waals surface area contributed by atoms with Crippen LogP contribution in [0.25, 0.3) is 5.57 Å². The third-order valence-electron chi connectivity index (χ3n) is 8.18. The van der Waals surface area contributed by atoms with Crippen LogP contribution in [-0.4, -0.2) is 43.3 Å². The number of halogens is 3. The second-order valence-electron chi connectivity index (χ2n) is 12.0. The summed E-state index contributed by atoms with van der Waals surface area (Å²) in [5, 5.41) is 2.65. The number of aryl methyl sites for hydroxylation is 1. The van der Waals surface area contributed by atoms with Gasteiger partial charge in [0.1, 0.15) is 6.10 Å². The Labute approximate surface area is 237 Å². The van der Waals surface area contributed by atoms with E-state index in [1.54, 1.807) is 31.9 Å². The molecule has 2 heterocycles. The Morgan fingerprint density at radius 2 is 1.90 bits per heavy atom. The van der Waals surface area contributed by atoms with Crippen molar-refractivity contribution in [2.24, 2.45) is 5.41 Å². The number of allylic oxidation sites excluding steroid dienone is 1. The quantitative estimate of drug-likeness (QED) is 0.423. The van der Waals surface area contributed by atoms with Crippen LogP contribution >= 0.6 is 0 Å². The number of hydrogen-bond donors (Lipinski definition) is 1. The maximum Gasteiger partial charge on any atom is 0.416 e. The summed E-state index contributed by atoms with van der Waals surface area (Å²) in [5.41, 5.74) is 3.67. The minimum absolute atomic E-state index is 0.0243. The molecule has 1 saturated heterocycles. The Balaban J connectivity index is 1.51. The second-order valence-corrected chi connectivity index (χ2v) is 12.0. The van der Waals surface area contributed by atoms with Gasteiger partial charge >= 0.3 is 12.3 Å². The number of benzene rings is 2. The van der Waals surface area contributed by atoms with Crippen molar-refractivity contribution >= 4 is 17.6 Å². The van der Waals surface area contributed by atoms with E-state index in [2.05, 4.69) is 19.2 Å². The second kappa shape index (κ2) is 10.6. The molecule has 10 heteroatoms. The van der Waals surface area contributed by atoms with Crippen molar-refractivity contribution in [1.82, 2.24) is 10.2 Å². The lowest BCUT2D eigenvalue weighted by Crippen LogP contribution is -2.35. The molecule has 0 unspecified atom stereocenters. The van der Waals surface area contributed by atoms with Gasteiger partial charge in [-0.3, -0.25) is 9.69 Å². The van der Waals surface area contributed by atoms with E-state index < -0.39 is 30.0 Å². The Bertz CT molecular complexity index is 1420. The number of nitrogens with one attached hydrogen (secondary N) is 1. The van der Waals surface area contributed by atoms with Crippen molar-refractivity contribution in [3.05, 3.63) is 63.7 Å². The predicted molar refractivity (Wildman–Crippen MR) is 146 cm³/mol. The summed E-state index contributed by atoms with van der Waals surface area (Å²) in [6.45, 7) is 8.10. The topological polar surface area (TPSA) is 77.1 Å². The fourth-order valence-corrected chi connectivity index (χ4v) is 6.06. The molecule has 2 aromatic carbocycles. The molecule has 5 rings (SSSR count). The number of alkyl halides is 3. The van der Waals surface area contributed by atoms with Gasteiger partial charge in [0.2, 0.25) is 12.7 Å². The highest BCUT2D eigenvalue weighted by molar-refractivity contribution is 5.82. The van der Waals surface area contributed by atoms with E-state index in [-0.39, 0.29) is 31.1 Å². The standard InChI is InChI=1S/C31H35F3N2O5/c1-17-8-20(13-22(9-17)31(32,33)34)27-18(2)36(29(38)41-27)15-21-14-30(3,4)7-6-23(21)24-10-19(12-26(37)35-5)11-25-28(24)40-16-39-25/h8-11,13,18,27H,6-7,12,14-16H2,1-5H3,(H,35,37)/t18-,27-/m0/s1. The normalized spacial score (nSPS) is 21.8. The van der Waals surface area contributed by atoms with Crippen LogP contribution in [0.2, 0.25) is 0 Å². The smallest absolute Gasteiger partial charge is 0.416 e. The van der Waals surface area contributed by atoms with E-state index in [0.29, 0.717) is 29.0 Å². The van der Waals surface area contributed by atoms with Gasteiger partial charge in [-0.05, 0) is 85.1 Å². The molecule has 220 valence electrons. The first-order chi connectivity index (χ1) is 19.3. The zero-order valence-corrected chi connectivity index (χ0v) is 23.9. The highest BCUT2D eigenvalue weighted by Crippen LogP contribution is 2.49. The molecule has 0 spiro atoms. The molecular weight excluding hydrogens is 537 g/mol. The van der Waals surface area contributed by atoms with Gasteiger partial charge in [-0.2, -0.15) is 13.2 Å². The number of hydrogen-bond acceptors (Lipinski definition) is 5. The molecular formula is C31H35F3N2O5. The Morgan fingerprint density at radius 3 is 2.61 bits per heavy atom. The number of cyclic esters (lactones) is 1. The number of fused-ring (bicyclic) bond motifs is 1. The highest BCUT2D eigenvalue weighted by Gasteiger charge is 2.42. The molecule has 3 aliphatic rings. The number of ether oxygens (including phenoxy) is 3. The van der Waals surface area contributed by atoms with Gasteiger partial charge in [0.05, 0.1) is 18.0 Å². The van der Waals surface area contributed by atoms with Gasteiger partial charge < -0.3 is 19.5 Å². The first-order valence-electron chi connectivity index (χ1n) is 13.8. The summed E-state index contributed by atoms with van der Waals surface area (Å²) < 4.78 is 57.8. The number of rotatable bonds is 6. The Hall–Kier alpha value is -3.69. The van der Waals surface area contributed by atoms with Crippen LogP contribution in [0.4, 0.5) is 18.0 Å². The number of amides is 2. The zero-order valence-electron chi connectivity index (χ0n) is 23.9. The van der Waals surface area contributed by atoms with Gasteiger partial charge in [-0.1, -0.05) is 25.5 Å². The van der Waals surface area contributed by atoms with Crippen LogP contribution in [0.5, 0.6) is 11.5 Å². The van der Waals surface area contributed by atoms with E-state index in [0.717, 1.165) is 47.2 Å². The fourth-order valence-electron chi connectivity index (χ4n) is 6.06. The zero-order chi connectivity index (χ0) is 29.7. The number of nitrogens with zero attached hydrogens (tertiary/aromatic N) is 1. The first kappa shape index (κ1) is 28.8. The van der Waals surface area contributed by atoms with Crippen LogP contribution in [0, 0.1) is 12.3 Å². The van der Waals surface area contributed by atoms with Crippen molar-refractivity contribution < 1.29 is 37.0 Å². The summed E-state index contributed by atoms with van der Waals surface area (Å²) in [6.07, 6.45) is -3.36. The molecule has 0 bridgehead atoms. The molecule has 0 saturated carbocycles. The molecule has 2 amide bonds. The average molecular weight is 573 g/mol. The van der Waals surface area contributed by atoms with Crippen LogP contribution in [0.3, 0.4) is 0 Å². The van der Waals surface area contributed by atoms with Crippen molar-refractivity contribution in [3.63, 3.8) is 0 Å². The fraction of sp³-hybridized carbons (Fsp3) is 0.484. The molecule has 1 N–H and O–H groups in total. The van der Waals surface area contributed by atoms with Crippen molar-refractivity contribution in [2.45, 2.75) is 71.7 Å². The van der Waals surface area contributed by atoms with E-state index in [9.17, 15) is 22.8 Å². The minimum atomic E-state index is -4.50. The van der Waals surface area contributed by atoms with Crippen molar-refractivity contribution in [3.8, 4) is 11.5 Å². The molecule has 7 nitrogen and oxygen atoms in total. The highest BCUT2D eigenvalue weighted by atomic mass is 19.4. The van der Waals surface area contributed by atoms with Crippen LogP contribution < -0.4 is 14.8 Å². The minimum Gasteiger partial charge on any atom is -0.454 e. The molecule has 2 aromatic rings. The molecule has 1 fully saturated rings. The number of carbonyl (C=O) groups excluding carboxylic acids is 2. The third kappa shape index (κ3) is 5.87. The summed E-state index contributed by atoms with van der Waals surface area (Å²) in [6, 6.07) is 7.07. The number of likely N-dealkylation sites (N-methyl/N-ethyl adjacent to an activating group) is 1. The summed E-state index contributed by atoms with van der Waals surface area (Å²) in [7, 11) is 1.59. The Morgan fingerprint density at radius 1 is 1.15 bits per heavy atom. The molecule has 2 aliphatic heterocycles. The molecule has 2 atom stereocenters. The van der Waals surface area contributed by atoms with E-state index >= 15 is 0 Å². The summed E-state index contributed by atoms with van der Waals surface area (Å²) >= 11 is 0. The summed E-state index contributed by atoms with van der Waals surface area (Å²) in [4.78, 5) is 26.9. The van der Waals surface area contributed by atoms with Gasteiger partial charge in [0.25, 0.3) is 0 Å². The largest absolute Gasteiger partial charge is 0.454 e. The lowest BCUT2D eigenvalue weighted by atomic mass is 9.72. The predicted octanol–water partition coefficient (Wildman–Crippen LogP) is 6.58. The molecule has 41 heavy (non-hydrogen) atoms.